The van der Waals surface area contributed by atoms with Gasteiger partial charge in [0.15, 0.2) is 0 Å². The number of imidazole rings is 1. The van der Waals surface area contributed by atoms with E-state index in [-0.39, 0.29) is 5.56 Å². The number of carboxylic acid groups (broad SMARTS) is 1. The van der Waals surface area contributed by atoms with Gasteiger partial charge in [-0.05, 0) is 30.3 Å². The molecule has 0 fully saturated rings. The SMILES string of the molecule is O=C(O)c1ccc2c(c1)ncn2Nc1ccccc1. The number of anilines is 1. The standard InChI is InChI=1S/C14H11N3O2/c18-14(19)10-6-7-13-12(8-10)15-9-17(13)16-11-4-2-1-3-5-11/h1-9,16H,(H,18,19). The van der Waals surface area contributed by atoms with Gasteiger partial charge in [0.05, 0.1) is 22.3 Å². The summed E-state index contributed by atoms with van der Waals surface area (Å²) in [5.41, 5.74) is 5.82. The lowest BCUT2D eigenvalue weighted by molar-refractivity contribution is 0.0697. The highest BCUT2D eigenvalue weighted by Gasteiger charge is 2.07. The van der Waals surface area contributed by atoms with Gasteiger partial charge in [-0.3, -0.25) is 5.43 Å². The van der Waals surface area contributed by atoms with Crippen molar-refractivity contribution in [2.45, 2.75) is 0 Å². The maximum atomic E-state index is 10.9. The summed E-state index contributed by atoms with van der Waals surface area (Å²) in [5.74, 6) is -0.951. The molecule has 2 N–H and O–H groups in total. The number of aromatic carboxylic acids is 1. The second-order valence-corrected chi connectivity index (χ2v) is 4.10. The van der Waals surface area contributed by atoms with Crippen LogP contribution in [-0.2, 0) is 0 Å². The van der Waals surface area contributed by atoms with Gasteiger partial charge in [-0.15, -0.1) is 0 Å². The average molecular weight is 253 g/mol. The van der Waals surface area contributed by atoms with Crippen LogP contribution in [0.2, 0.25) is 0 Å². The Kier molecular flexibility index (Phi) is 2.64. The Morgan fingerprint density at radius 1 is 1.16 bits per heavy atom. The van der Waals surface area contributed by atoms with Crippen LogP contribution >= 0.6 is 0 Å². The van der Waals surface area contributed by atoms with Gasteiger partial charge in [0.2, 0.25) is 0 Å². The van der Waals surface area contributed by atoms with Crippen molar-refractivity contribution in [1.82, 2.24) is 9.66 Å². The number of hydrogen-bond acceptors (Lipinski definition) is 3. The summed E-state index contributed by atoms with van der Waals surface area (Å²) in [7, 11) is 0. The predicted octanol–water partition coefficient (Wildman–Crippen LogP) is 2.61. The number of nitrogens with one attached hydrogen (secondary N) is 1. The lowest BCUT2D eigenvalue weighted by atomic mass is 10.2. The van der Waals surface area contributed by atoms with Gasteiger partial charge in [-0.2, -0.15) is 0 Å². The summed E-state index contributed by atoms with van der Waals surface area (Å²) in [6.45, 7) is 0. The van der Waals surface area contributed by atoms with Crippen molar-refractivity contribution in [3.05, 3.63) is 60.4 Å². The highest BCUT2D eigenvalue weighted by Crippen LogP contribution is 2.16. The summed E-state index contributed by atoms with van der Waals surface area (Å²) < 4.78 is 1.76. The van der Waals surface area contributed by atoms with E-state index in [4.69, 9.17) is 5.11 Å². The number of hydrogen-bond donors (Lipinski definition) is 2. The first-order valence-corrected chi connectivity index (χ1v) is 5.76. The zero-order chi connectivity index (χ0) is 13.2. The highest BCUT2D eigenvalue weighted by molar-refractivity contribution is 5.92. The van der Waals surface area contributed by atoms with Gasteiger partial charge >= 0.3 is 5.97 Å². The van der Waals surface area contributed by atoms with Crippen LogP contribution in [0.25, 0.3) is 11.0 Å². The number of aromatic nitrogens is 2. The van der Waals surface area contributed by atoms with Crippen LogP contribution in [0.3, 0.4) is 0 Å². The molecule has 19 heavy (non-hydrogen) atoms. The first-order valence-electron chi connectivity index (χ1n) is 5.76. The van der Waals surface area contributed by atoms with Crippen molar-refractivity contribution in [3.63, 3.8) is 0 Å². The van der Waals surface area contributed by atoms with Crippen molar-refractivity contribution in [2.75, 3.05) is 5.43 Å². The topological polar surface area (TPSA) is 67.1 Å². The molecule has 0 amide bonds. The summed E-state index contributed by atoms with van der Waals surface area (Å²) in [6.07, 6.45) is 1.63. The molecule has 3 rings (SSSR count). The Balaban J connectivity index is 1.99. The fourth-order valence-electron chi connectivity index (χ4n) is 1.89. The third-order valence-corrected chi connectivity index (χ3v) is 2.82. The van der Waals surface area contributed by atoms with Crippen LogP contribution in [0.1, 0.15) is 10.4 Å². The second-order valence-electron chi connectivity index (χ2n) is 4.10. The van der Waals surface area contributed by atoms with E-state index in [1.165, 1.54) is 0 Å². The molecule has 0 saturated heterocycles. The Bertz CT molecular complexity index is 735. The molecule has 5 nitrogen and oxygen atoms in total. The molecule has 0 aliphatic rings. The summed E-state index contributed by atoms with van der Waals surface area (Å²) in [5, 5.41) is 8.94. The molecule has 3 aromatic rings. The zero-order valence-electron chi connectivity index (χ0n) is 9.95. The van der Waals surface area contributed by atoms with Gasteiger partial charge in [-0.25, -0.2) is 14.5 Å². The fraction of sp³-hybridized carbons (Fsp3) is 0. The third-order valence-electron chi connectivity index (χ3n) is 2.82. The number of benzene rings is 2. The smallest absolute Gasteiger partial charge is 0.335 e. The predicted molar refractivity (Wildman–Crippen MR) is 72.2 cm³/mol. The Morgan fingerprint density at radius 2 is 1.95 bits per heavy atom. The van der Waals surface area contributed by atoms with Gasteiger partial charge in [0.25, 0.3) is 0 Å². The molecule has 0 bridgehead atoms. The normalized spacial score (nSPS) is 10.5. The Labute approximate surface area is 109 Å². The Hall–Kier alpha value is -2.82. The average Bonchev–Trinajstić information content (AvgIpc) is 2.82. The van der Waals surface area contributed by atoms with Crippen molar-refractivity contribution in [2.24, 2.45) is 0 Å². The molecule has 0 atom stereocenters. The number of rotatable bonds is 3. The second kappa shape index (κ2) is 4.45. The van der Waals surface area contributed by atoms with Gasteiger partial charge in [0.1, 0.15) is 6.33 Å². The number of carboxylic acids is 1. The van der Waals surface area contributed by atoms with Crippen LogP contribution in [0.15, 0.2) is 54.9 Å². The van der Waals surface area contributed by atoms with Crippen molar-refractivity contribution in [1.29, 1.82) is 0 Å². The molecule has 0 saturated carbocycles. The third kappa shape index (κ3) is 2.13. The fourth-order valence-corrected chi connectivity index (χ4v) is 1.89. The highest BCUT2D eigenvalue weighted by atomic mass is 16.4. The zero-order valence-corrected chi connectivity index (χ0v) is 9.95. The van der Waals surface area contributed by atoms with E-state index in [0.29, 0.717) is 5.52 Å². The van der Waals surface area contributed by atoms with E-state index in [2.05, 4.69) is 10.4 Å². The van der Waals surface area contributed by atoms with Crippen LogP contribution in [-0.4, -0.2) is 20.7 Å². The summed E-state index contributed by atoms with van der Waals surface area (Å²) in [6, 6.07) is 14.6. The van der Waals surface area contributed by atoms with Gasteiger partial charge < -0.3 is 5.11 Å². The van der Waals surface area contributed by atoms with Crippen molar-refractivity contribution < 1.29 is 9.90 Å². The van der Waals surface area contributed by atoms with Crippen LogP contribution in [0, 0.1) is 0 Å². The molecule has 94 valence electrons. The molecule has 0 aliphatic carbocycles. The van der Waals surface area contributed by atoms with Gasteiger partial charge in [0, 0.05) is 0 Å². The minimum Gasteiger partial charge on any atom is -0.478 e. The van der Waals surface area contributed by atoms with E-state index in [1.54, 1.807) is 29.2 Å². The van der Waals surface area contributed by atoms with E-state index >= 15 is 0 Å². The van der Waals surface area contributed by atoms with Crippen molar-refractivity contribution >= 4 is 22.7 Å². The Morgan fingerprint density at radius 3 is 2.68 bits per heavy atom. The first kappa shape index (κ1) is 11.3. The number of fused-ring (bicyclic) bond motifs is 1. The van der Waals surface area contributed by atoms with Crippen molar-refractivity contribution in [3.8, 4) is 0 Å². The quantitative estimate of drug-likeness (QED) is 0.753. The maximum Gasteiger partial charge on any atom is 0.335 e. The molecular weight excluding hydrogens is 242 g/mol. The van der Waals surface area contributed by atoms with Crippen LogP contribution in [0.5, 0.6) is 0 Å². The van der Waals surface area contributed by atoms with E-state index in [1.807, 2.05) is 30.3 Å². The van der Waals surface area contributed by atoms with E-state index in [9.17, 15) is 4.79 Å². The molecular formula is C14H11N3O2. The van der Waals surface area contributed by atoms with E-state index < -0.39 is 5.97 Å². The maximum absolute atomic E-state index is 10.9. The molecule has 0 spiro atoms. The molecule has 0 unspecified atom stereocenters. The monoisotopic (exact) mass is 253 g/mol. The molecule has 0 aliphatic heterocycles. The summed E-state index contributed by atoms with van der Waals surface area (Å²) >= 11 is 0. The van der Waals surface area contributed by atoms with Gasteiger partial charge in [-0.1, -0.05) is 18.2 Å². The lowest BCUT2D eigenvalue weighted by Gasteiger charge is -2.07. The molecule has 1 heterocycles. The minimum absolute atomic E-state index is 0.234. The number of nitrogens with zero attached hydrogens (tertiary/aromatic N) is 2. The molecule has 5 heteroatoms. The van der Waals surface area contributed by atoms with Crippen LogP contribution in [0.4, 0.5) is 5.69 Å². The molecule has 1 aromatic heterocycles. The van der Waals surface area contributed by atoms with Crippen LogP contribution < -0.4 is 5.43 Å². The number of para-hydroxylation sites is 1. The number of carbonyl (C=O) groups is 1. The molecule has 2 aromatic carbocycles. The summed E-state index contributed by atoms with van der Waals surface area (Å²) in [4.78, 5) is 15.1. The van der Waals surface area contributed by atoms with E-state index in [0.717, 1.165) is 11.2 Å². The minimum atomic E-state index is -0.951. The lowest BCUT2D eigenvalue weighted by Crippen LogP contribution is -2.07. The first-order chi connectivity index (χ1) is 9.24. The largest absolute Gasteiger partial charge is 0.478 e. The molecule has 0 radical (unpaired) electrons.